The summed E-state index contributed by atoms with van der Waals surface area (Å²) in [5.41, 5.74) is 1.48. The number of amides is 2. The van der Waals surface area contributed by atoms with E-state index in [9.17, 15) is 31.2 Å². The van der Waals surface area contributed by atoms with Gasteiger partial charge in [-0.15, -0.1) is 0 Å². The quantitative estimate of drug-likeness (QED) is 0.274. The van der Waals surface area contributed by atoms with E-state index in [1.165, 1.54) is 6.07 Å². The third kappa shape index (κ3) is 10.0. The van der Waals surface area contributed by atoms with Crippen molar-refractivity contribution in [2.75, 3.05) is 48.3 Å². The number of hydrogen-bond acceptors (Lipinski definition) is 9. The average Bonchev–Trinajstić information content (AvgIpc) is 2.96. The number of benzene rings is 1. The highest BCUT2D eigenvalue weighted by Gasteiger charge is 2.40. The molecule has 4 rings (SSSR count). The average molecular weight is 652 g/mol. The molecule has 12 nitrogen and oxygen atoms in total. The lowest BCUT2D eigenvalue weighted by Crippen LogP contribution is -2.57. The van der Waals surface area contributed by atoms with Crippen LogP contribution in [0.25, 0.3) is 0 Å². The molecule has 16 heteroatoms. The van der Waals surface area contributed by atoms with Crippen LogP contribution in [0.4, 0.5) is 24.8 Å². The Labute approximate surface area is 259 Å². The van der Waals surface area contributed by atoms with E-state index < -0.39 is 33.9 Å². The summed E-state index contributed by atoms with van der Waals surface area (Å²) < 4.78 is 71.6. The third-order valence-corrected chi connectivity index (χ3v) is 8.72. The van der Waals surface area contributed by atoms with Crippen molar-refractivity contribution in [1.82, 2.24) is 20.6 Å². The van der Waals surface area contributed by atoms with Gasteiger partial charge in [0.05, 0.1) is 17.4 Å². The summed E-state index contributed by atoms with van der Waals surface area (Å²) in [7, 11) is -4.14. The third-order valence-electron chi connectivity index (χ3n) is 8.00. The van der Waals surface area contributed by atoms with E-state index in [1.54, 1.807) is 21.9 Å². The maximum atomic E-state index is 13.8. The van der Waals surface area contributed by atoms with Gasteiger partial charge in [0.1, 0.15) is 17.7 Å². The number of hydrogen-bond donors (Lipinski definition) is 3. The molecule has 3 heterocycles. The number of halogens is 3. The van der Waals surface area contributed by atoms with Crippen molar-refractivity contribution in [2.45, 2.75) is 57.2 Å². The maximum absolute atomic E-state index is 13.8. The van der Waals surface area contributed by atoms with Gasteiger partial charge in [-0.3, -0.25) is 14.1 Å². The predicted molar refractivity (Wildman–Crippen MR) is 159 cm³/mol. The Morgan fingerprint density at radius 1 is 1.02 bits per heavy atom. The molecule has 0 aliphatic carbocycles. The molecule has 2 aliphatic heterocycles. The van der Waals surface area contributed by atoms with E-state index in [1.807, 2.05) is 18.2 Å². The summed E-state index contributed by atoms with van der Waals surface area (Å²) in [6.45, 7) is 1.49. The number of nitriles is 1. The number of carbonyl (C=O) groups excluding carboxylic acids is 2. The molecule has 0 saturated carbocycles. The minimum Gasteiger partial charge on any atom is -0.356 e. The molecule has 0 radical (unpaired) electrons. The Balaban J connectivity index is 1.30. The van der Waals surface area contributed by atoms with Gasteiger partial charge >= 0.3 is 6.18 Å². The van der Waals surface area contributed by atoms with Crippen LogP contribution in [0, 0.1) is 17.2 Å². The number of nitrogens with zero attached hydrogens (tertiary/aromatic N) is 5. The molecule has 2 aliphatic rings. The van der Waals surface area contributed by atoms with E-state index in [2.05, 4.69) is 20.6 Å². The molecule has 2 saturated heterocycles. The molecule has 0 unspecified atom stereocenters. The number of carbonyl (C=O) groups is 2. The largest absolute Gasteiger partial charge is 0.451 e. The molecule has 2 amide bonds. The molecule has 45 heavy (non-hydrogen) atoms. The summed E-state index contributed by atoms with van der Waals surface area (Å²) >= 11 is 0. The van der Waals surface area contributed by atoms with Crippen molar-refractivity contribution in [3.05, 3.63) is 47.3 Å². The van der Waals surface area contributed by atoms with E-state index in [-0.39, 0.29) is 42.3 Å². The molecule has 0 spiro atoms. The fourth-order valence-electron chi connectivity index (χ4n) is 5.40. The van der Waals surface area contributed by atoms with Crippen molar-refractivity contribution < 1.29 is 35.7 Å². The van der Waals surface area contributed by atoms with Gasteiger partial charge in [0, 0.05) is 45.2 Å². The summed E-state index contributed by atoms with van der Waals surface area (Å²) in [5.74, 6) is -1.95. The summed E-state index contributed by atoms with van der Waals surface area (Å²) in [6, 6.07) is 9.91. The summed E-state index contributed by atoms with van der Waals surface area (Å²) in [5, 5.41) is 14.2. The van der Waals surface area contributed by atoms with Gasteiger partial charge in [0.25, 0.3) is 10.1 Å². The molecule has 1 aromatic heterocycles. The monoisotopic (exact) mass is 651 g/mol. The Kier molecular flexibility index (Phi) is 11.2. The fraction of sp³-hybridized carbons (Fsp3) is 0.552. The summed E-state index contributed by atoms with van der Waals surface area (Å²) in [6.07, 6.45) is -0.849. The second-order valence-corrected chi connectivity index (χ2v) is 12.8. The summed E-state index contributed by atoms with van der Waals surface area (Å²) in [4.78, 5) is 35.7. The second kappa shape index (κ2) is 14.9. The lowest BCUT2D eigenvalue weighted by atomic mass is 9.91. The van der Waals surface area contributed by atoms with Gasteiger partial charge < -0.3 is 20.4 Å². The number of anilines is 2. The number of nitrogens with one attached hydrogen (secondary N) is 2. The van der Waals surface area contributed by atoms with Crippen molar-refractivity contribution >= 4 is 33.6 Å². The molecule has 2 aromatic rings. The first-order valence-electron chi connectivity index (χ1n) is 14.8. The standard InChI is InChI=1S/C29H36F3N7O5S/c30-29(31,32)28-36-24(38-14-9-20(10-15-38)2-1-3-26(40)34-13-17-45(42,43)44)18-25(37-28)39-16-11-23(39)27(41)35-12-8-21-4-6-22(19-33)7-5-21/h4-7,18,20,23H,1-3,8-17H2,(H,34,40)(H,35,41)(H,42,43,44)/t23-/m0/s1. The first-order chi connectivity index (χ1) is 21.3. The van der Waals surface area contributed by atoms with Crippen molar-refractivity contribution in [3.8, 4) is 6.07 Å². The van der Waals surface area contributed by atoms with Crippen LogP contribution in [0.15, 0.2) is 30.3 Å². The van der Waals surface area contributed by atoms with Gasteiger partial charge in [-0.1, -0.05) is 12.1 Å². The Morgan fingerprint density at radius 2 is 1.71 bits per heavy atom. The van der Waals surface area contributed by atoms with Crippen molar-refractivity contribution in [1.29, 1.82) is 5.26 Å². The zero-order valence-electron chi connectivity index (χ0n) is 24.6. The highest BCUT2D eigenvalue weighted by atomic mass is 32.2. The first kappa shape index (κ1) is 33.9. The van der Waals surface area contributed by atoms with Gasteiger partial charge in [0.2, 0.25) is 17.6 Å². The lowest BCUT2D eigenvalue weighted by molar-refractivity contribution is -0.144. The Hall–Kier alpha value is -3.97. The molecule has 1 atom stereocenters. The fourth-order valence-corrected chi connectivity index (χ4v) is 5.76. The van der Waals surface area contributed by atoms with E-state index in [0.29, 0.717) is 63.8 Å². The number of aromatic nitrogens is 2. The Morgan fingerprint density at radius 3 is 2.31 bits per heavy atom. The number of alkyl halides is 3. The highest BCUT2D eigenvalue weighted by Crippen LogP contribution is 2.34. The molecular formula is C29H36F3N7O5S. The van der Waals surface area contributed by atoms with Crippen molar-refractivity contribution in [3.63, 3.8) is 0 Å². The first-order valence-corrected chi connectivity index (χ1v) is 16.4. The minimum absolute atomic E-state index is 0.0490. The SMILES string of the molecule is N#Cc1ccc(CCNC(=O)[C@@H]2CCN2c2cc(N3CCC(CCCC(=O)NCCS(=O)(=O)O)CC3)nc(C(F)(F)F)n2)cc1. The predicted octanol–water partition coefficient (Wildman–Crippen LogP) is 2.70. The van der Waals surface area contributed by atoms with Crippen LogP contribution in [0.1, 0.15) is 55.5 Å². The van der Waals surface area contributed by atoms with Gasteiger partial charge in [-0.05, 0) is 62.1 Å². The Bertz CT molecular complexity index is 1490. The second-order valence-electron chi connectivity index (χ2n) is 11.2. The molecule has 2 fully saturated rings. The van der Waals surface area contributed by atoms with Crippen LogP contribution < -0.4 is 20.4 Å². The topological polar surface area (TPSA) is 169 Å². The highest BCUT2D eigenvalue weighted by molar-refractivity contribution is 7.85. The normalized spacial score (nSPS) is 17.4. The molecular weight excluding hydrogens is 615 g/mol. The van der Waals surface area contributed by atoms with Crippen LogP contribution >= 0.6 is 0 Å². The van der Waals surface area contributed by atoms with Crippen molar-refractivity contribution in [2.24, 2.45) is 5.92 Å². The zero-order valence-corrected chi connectivity index (χ0v) is 25.4. The van der Waals surface area contributed by atoms with E-state index in [0.717, 1.165) is 12.0 Å². The minimum atomic E-state index is -4.77. The van der Waals surface area contributed by atoms with E-state index in [4.69, 9.17) is 9.81 Å². The van der Waals surface area contributed by atoms with Gasteiger partial charge in [-0.25, -0.2) is 9.97 Å². The van der Waals surface area contributed by atoms with Gasteiger partial charge in [0.15, 0.2) is 0 Å². The maximum Gasteiger partial charge on any atom is 0.451 e. The number of rotatable bonds is 13. The molecule has 1 aromatic carbocycles. The zero-order chi connectivity index (χ0) is 32.6. The number of piperidine rings is 1. The van der Waals surface area contributed by atoms with E-state index >= 15 is 0 Å². The van der Waals surface area contributed by atoms with Crippen LogP contribution in [-0.4, -0.2) is 79.3 Å². The molecule has 0 bridgehead atoms. The molecule has 3 N–H and O–H groups in total. The van der Waals surface area contributed by atoms with Gasteiger partial charge in [-0.2, -0.15) is 26.9 Å². The van der Waals surface area contributed by atoms with Crippen LogP contribution in [0.2, 0.25) is 0 Å². The van der Waals surface area contributed by atoms with Crippen LogP contribution in [0.3, 0.4) is 0 Å². The lowest BCUT2D eigenvalue weighted by Gasteiger charge is -2.41. The van der Waals surface area contributed by atoms with Crippen LogP contribution in [-0.2, 0) is 32.3 Å². The smallest absolute Gasteiger partial charge is 0.356 e. The van der Waals surface area contributed by atoms with Crippen LogP contribution in [0.5, 0.6) is 0 Å². The molecule has 244 valence electrons.